The van der Waals surface area contributed by atoms with Crippen molar-refractivity contribution in [3.8, 4) is 11.6 Å². The minimum atomic E-state index is -0.127. The molecule has 0 atom stereocenters. The van der Waals surface area contributed by atoms with E-state index in [1.165, 1.54) is 5.56 Å². The van der Waals surface area contributed by atoms with Crippen molar-refractivity contribution < 1.29 is 14.3 Å². The standard InChI is InChI=1S/C22H30N4O3/c1-6-17-13-19(21(29-5)23-16(17)3)24-22(27)26-11-9-25(10-12-26)20-14-18(28-4)8-7-15(20)2/h7-8,13-14H,6,9-12H2,1-5H3,(H,24,27). The van der Waals surface area contributed by atoms with Gasteiger partial charge in [-0.05, 0) is 43.5 Å². The van der Waals surface area contributed by atoms with E-state index in [1.54, 1.807) is 14.2 Å². The van der Waals surface area contributed by atoms with Crippen molar-refractivity contribution in [3.63, 3.8) is 0 Å². The number of rotatable bonds is 5. The molecule has 0 radical (unpaired) electrons. The number of amides is 2. The van der Waals surface area contributed by atoms with Crippen LogP contribution in [0.25, 0.3) is 0 Å². The van der Waals surface area contributed by atoms with Crippen LogP contribution in [0.3, 0.4) is 0 Å². The van der Waals surface area contributed by atoms with Gasteiger partial charge < -0.3 is 24.6 Å². The van der Waals surface area contributed by atoms with Crippen LogP contribution in [0.2, 0.25) is 0 Å². The highest BCUT2D eigenvalue weighted by molar-refractivity contribution is 5.91. The molecule has 0 unspecified atom stereocenters. The molecule has 7 nitrogen and oxygen atoms in total. The highest BCUT2D eigenvalue weighted by Gasteiger charge is 2.23. The van der Waals surface area contributed by atoms with E-state index in [1.807, 2.05) is 24.0 Å². The number of ether oxygens (including phenoxy) is 2. The topological polar surface area (TPSA) is 66.9 Å². The number of hydrogen-bond donors (Lipinski definition) is 1. The molecule has 7 heteroatoms. The van der Waals surface area contributed by atoms with Gasteiger partial charge in [-0.3, -0.25) is 0 Å². The largest absolute Gasteiger partial charge is 0.497 e. The molecule has 29 heavy (non-hydrogen) atoms. The number of nitrogens with zero attached hydrogens (tertiary/aromatic N) is 3. The number of piperazine rings is 1. The Hall–Kier alpha value is -2.96. The number of methoxy groups -OCH3 is 2. The second kappa shape index (κ2) is 9.03. The Morgan fingerprint density at radius 3 is 2.45 bits per heavy atom. The van der Waals surface area contributed by atoms with Crippen molar-refractivity contribution in [1.82, 2.24) is 9.88 Å². The van der Waals surface area contributed by atoms with E-state index < -0.39 is 0 Å². The summed E-state index contributed by atoms with van der Waals surface area (Å²) in [5, 5.41) is 2.98. The van der Waals surface area contributed by atoms with Gasteiger partial charge in [0.25, 0.3) is 0 Å². The van der Waals surface area contributed by atoms with Crippen LogP contribution in [0, 0.1) is 13.8 Å². The van der Waals surface area contributed by atoms with Crippen molar-refractivity contribution in [2.45, 2.75) is 27.2 Å². The Bertz CT molecular complexity index is 877. The summed E-state index contributed by atoms with van der Waals surface area (Å²) in [5.41, 5.74) is 4.99. The average molecular weight is 399 g/mol. The maximum absolute atomic E-state index is 12.8. The highest BCUT2D eigenvalue weighted by atomic mass is 16.5. The van der Waals surface area contributed by atoms with Crippen molar-refractivity contribution in [2.24, 2.45) is 0 Å². The van der Waals surface area contributed by atoms with Crippen LogP contribution in [0.4, 0.5) is 16.2 Å². The fourth-order valence-electron chi connectivity index (χ4n) is 3.63. The number of hydrogen-bond acceptors (Lipinski definition) is 5. The number of aromatic nitrogens is 1. The van der Waals surface area contributed by atoms with Crippen molar-refractivity contribution in [3.05, 3.63) is 41.1 Å². The lowest BCUT2D eigenvalue weighted by atomic mass is 10.1. The molecule has 1 aromatic heterocycles. The molecule has 1 aliphatic rings. The normalized spacial score (nSPS) is 14.0. The molecular weight excluding hydrogens is 368 g/mol. The van der Waals surface area contributed by atoms with Gasteiger partial charge in [-0.2, -0.15) is 0 Å². The van der Waals surface area contributed by atoms with E-state index in [0.717, 1.165) is 42.2 Å². The third-order valence-corrected chi connectivity index (χ3v) is 5.42. The molecule has 2 heterocycles. The minimum absolute atomic E-state index is 0.127. The molecule has 0 saturated carbocycles. The fraction of sp³-hybridized carbons (Fsp3) is 0.455. The average Bonchev–Trinajstić information content (AvgIpc) is 2.75. The SMILES string of the molecule is CCc1cc(NC(=O)N2CCN(c3cc(OC)ccc3C)CC2)c(OC)nc1C. The molecule has 2 amide bonds. The lowest BCUT2D eigenvalue weighted by Gasteiger charge is -2.36. The van der Waals surface area contributed by atoms with Gasteiger partial charge in [0.05, 0.1) is 14.2 Å². The number of urea groups is 1. The quantitative estimate of drug-likeness (QED) is 0.833. The van der Waals surface area contributed by atoms with E-state index in [0.29, 0.717) is 24.7 Å². The van der Waals surface area contributed by atoms with Crippen LogP contribution in [0.1, 0.15) is 23.7 Å². The Kier molecular flexibility index (Phi) is 6.46. The first-order valence-electron chi connectivity index (χ1n) is 9.96. The number of nitrogens with one attached hydrogen (secondary N) is 1. The molecule has 156 valence electrons. The third kappa shape index (κ3) is 4.55. The molecular formula is C22H30N4O3. The second-order valence-electron chi connectivity index (χ2n) is 7.20. The number of carbonyl (C=O) groups excluding carboxylic acids is 1. The van der Waals surface area contributed by atoms with E-state index in [4.69, 9.17) is 9.47 Å². The Balaban J connectivity index is 1.67. The zero-order valence-corrected chi connectivity index (χ0v) is 17.9. The molecule has 0 spiro atoms. The van der Waals surface area contributed by atoms with Crippen LogP contribution in [0.15, 0.2) is 24.3 Å². The lowest BCUT2D eigenvalue weighted by molar-refractivity contribution is 0.208. The molecule has 2 aromatic rings. The van der Waals surface area contributed by atoms with E-state index in [2.05, 4.69) is 41.2 Å². The van der Waals surface area contributed by atoms with Gasteiger partial charge in [0.1, 0.15) is 11.4 Å². The zero-order valence-electron chi connectivity index (χ0n) is 17.9. The fourth-order valence-corrected chi connectivity index (χ4v) is 3.63. The summed E-state index contributed by atoms with van der Waals surface area (Å²) in [4.78, 5) is 21.4. The second-order valence-corrected chi connectivity index (χ2v) is 7.20. The Morgan fingerprint density at radius 2 is 1.83 bits per heavy atom. The highest BCUT2D eigenvalue weighted by Crippen LogP contribution is 2.28. The van der Waals surface area contributed by atoms with E-state index in [-0.39, 0.29) is 6.03 Å². The molecule has 0 bridgehead atoms. The molecule has 1 saturated heterocycles. The monoisotopic (exact) mass is 398 g/mol. The first-order chi connectivity index (χ1) is 14.0. The van der Waals surface area contributed by atoms with Crippen LogP contribution >= 0.6 is 0 Å². The molecule has 1 aromatic carbocycles. The minimum Gasteiger partial charge on any atom is -0.497 e. The number of carbonyl (C=O) groups is 1. The zero-order chi connectivity index (χ0) is 21.0. The maximum Gasteiger partial charge on any atom is 0.322 e. The number of benzene rings is 1. The lowest BCUT2D eigenvalue weighted by Crippen LogP contribution is -2.50. The smallest absolute Gasteiger partial charge is 0.322 e. The predicted octanol–water partition coefficient (Wildman–Crippen LogP) is 3.63. The Labute approximate surface area is 172 Å². The molecule has 1 aliphatic heterocycles. The molecule has 1 fully saturated rings. The van der Waals surface area contributed by atoms with Gasteiger partial charge in [-0.1, -0.05) is 13.0 Å². The number of aryl methyl sites for hydroxylation is 3. The van der Waals surface area contributed by atoms with Crippen LogP contribution in [0.5, 0.6) is 11.6 Å². The summed E-state index contributed by atoms with van der Waals surface area (Å²) in [5.74, 6) is 1.29. The van der Waals surface area contributed by atoms with Gasteiger partial charge in [-0.15, -0.1) is 0 Å². The summed E-state index contributed by atoms with van der Waals surface area (Å²) >= 11 is 0. The van der Waals surface area contributed by atoms with Crippen molar-refractivity contribution in [2.75, 3.05) is 50.6 Å². The first kappa shape index (κ1) is 20.8. The molecule has 3 rings (SSSR count). The summed E-state index contributed by atoms with van der Waals surface area (Å²) in [7, 11) is 3.24. The molecule has 0 aliphatic carbocycles. The maximum atomic E-state index is 12.8. The number of anilines is 2. The van der Waals surface area contributed by atoms with Gasteiger partial charge in [0.15, 0.2) is 0 Å². The van der Waals surface area contributed by atoms with Crippen molar-refractivity contribution >= 4 is 17.4 Å². The summed E-state index contributed by atoms with van der Waals surface area (Å²) < 4.78 is 10.7. The Morgan fingerprint density at radius 1 is 1.10 bits per heavy atom. The summed E-state index contributed by atoms with van der Waals surface area (Å²) in [6.45, 7) is 8.94. The predicted molar refractivity (Wildman–Crippen MR) is 115 cm³/mol. The van der Waals surface area contributed by atoms with Gasteiger partial charge in [-0.25, -0.2) is 9.78 Å². The van der Waals surface area contributed by atoms with Crippen molar-refractivity contribution in [1.29, 1.82) is 0 Å². The van der Waals surface area contributed by atoms with E-state index in [9.17, 15) is 4.79 Å². The summed E-state index contributed by atoms with van der Waals surface area (Å²) in [6.07, 6.45) is 0.851. The molecule has 1 N–H and O–H groups in total. The third-order valence-electron chi connectivity index (χ3n) is 5.42. The van der Waals surface area contributed by atoms with Crippen LogP contribution < -0.4 is 19.7 Å². The first-order valence-corrected chi connectivity index (χ1v) is 9.96. The van der Waals surface area contributed by atoms with Crippen LogP contribution in [-0.4, -0.2) is 56.3 Å². The van der Waals surface area contributed by atoms with E-state index >= 15 is 0 Å². The van der Waals surface area contributed by atoms with Crippen LogP contribution in [-0.2, 0) is 6.42 Å². The number of pyridine rings is 1. The van der Waals surface area contributed by atoms with Gasteiger partial charge >= 0.3 is 6.03 Å². The summed E-state index contributed by atoms with van der Waals surface area (Å²) in [6, 6.07) is 7.92. The van der Waals surface area contributed by atoms with Gasteiger partial charge in [0.2, 0.25) is 5.88 Å². The van der Waals surface area contributed by atoms with Gasteiger partial charge in [0, 0.05) is 43.6 Å².